The topological polar surface area (TPSA) is 121 Å². The number of hydrogen-bond acceptors (Lipinski definition) is 7. The van der Waals surface area contributed by atoms with E-state index in [1.165, 1.54) is 30.0 Å². The number of amides is 1. The van der Waals surface area contributed by atoms with Crippen LogP contribution in [0.1, 0.15) is 5.56 Å². The Morgan fingerprint density at radius 1 is 1.15 bits per heavy atom. The minimum Gasteiger partial charge on any atom is -0.360 e. The van der Waals surface area contributed by atoms with Crippen LogP contribution in [-0.4, -0.2) is 15.8 Å². The Morgan fingerprint density at radius 3 is 2.64 bits per heavy atom. The van der Waals surface area contributed by atoms with E-state index in [0.717, 1.165) is 20.8 Å². The normalized spacial score (nSPS) is 11.1. The molecule has 33 heavy (non-hydrogen) atoms. The van der Waals surface area contributed by atoms with Crippen molar-refractivity contribution in [3.63, 3.8) is 0 Å². The van der Waals surface area contributed by atoms with Crippen LogP contribution in [0.5, 0.6) is 0 Å². The number of aryl methyl sites for hydroxylation is 1. The number of rotatable bonds is 6. The van der Waals surface area contributed by atoms with E-state index >= 15 is 0 Å². The fraction of sp³-hybridized carbons (Fsp3) is 0.0417. The van der Waals surface area contributed by atoms with Crippen molar-refractivity contribution in [3.05, 3.63) is 94.2 Å². The van der Waals surface area contributed by atoms with Crippen LogP contribution in [-0.2, 0) is 4.79 Å². The maximum absolute atomic E-state index is 12.4. The second-order valence-corrected chi connectivity index (χ2v) is 8.14. The van der Waals surface area contributed by atoms with Gasteiger partial charge < -0.3 is 10.6 Å². The third-order valence-electron chi connectivity index (χ3n) is 4.77. The molecular weight excluding hydrogens is 438 g/mol. The quantitative estimate of drug-likeness (QED) is 0.168. The minimum atomic E-state index is -0.749. The molecule has 0 saturated carbocycles. The molecule has 1 amide bonds. The number of nitro benzene ring substituents is 1. The number of para-hydroxylation sites is 2. The van der Waals surface area contributed by atoms with Gasteiger partial charge in [-0.25, -0.2) is 4.98 Å². The summed E-state index contributed by atoms with van der Waals surface area (Å²) in [5.74, 6) is -0.749. The third kappa shape index (κ3) is 4.87. The fourth-order valence-corrected chi connectivity index (χ4v) is 4.17. The smallest absolute Gasteiger partial charge is 0.292 e. The Labute approximate surface area is 193 Å². The van der Waals surface area contributed by atoms with Gasteiger partial charge in [0.25, 0.3) is 11.6 Å². The van der Waals surface area contributed by atoms with E-state index in [1.54, 1.807) is 23.5 Å². The number of nitro groups is 1. The molecule has 0 radical (unpaired) electrons. The number of fused-ring (bicyclic) bond motifs is 1. The van der Waals surface area contributed by atoms with Crippen molar-refractivity contribution >= 4 is 44.5 Å². The lowest BCUT2D eigenvalue weighted by Gasteiger charge is -2.06. The number of hydrogen-bond donors (Lipinski definition) is 2. The molecular formula is C24H17N5O3S. The lowest BCUT2D eigenvalue weighted by atomic mass is 10.2. The highest BCUT2D eigenvalue weighted by Gasteiger charge is 2.17. The summed E-state index contributed by atoms with van der Waals surface area (Å²) < 4.78 is 1.12. The molecule has 0 aliphatic heterocycles. The maximum atomic E-state index is 12.4. The highest BCUT2D eigenvalue weighted by atomic mass is 32.1. The molecule has 0 spiro atoms. The van der Waals surface area contributed by atoms with E-state index < -0.39 is 10.8 Å². The number of anilines is 2. The first-order chi connectivity index (χ1) is 15.9. The van der Waals surface area contributed by atoms with E-state index in [9.17, 15) is 20.2 Å². The van der Waals surface area contributed by atoms with Crippen LogP contribution in [0.25, 0.3) is 20.8 Å². The van der Waals surface area contributed by atoms with E-state index in [1.807, 2.05) is 43.3 Å². The van der Waals surface area contributed by atoms with Crippen molar-refractivity contribution in [3.8, 4) is 16.6 Å². The summed E-state index contributed by atoms with van der Waals surface area (Å²) in [6.07, 6.45) is 1.26. The summed E-state index contributed by atoms with van der Waals surface area (Å²) in [4.78, 5) is 27.6. The van der Waals surface area contributed by atoms with E-state index in [0.29, 0.717) is 5.69 Å². The monoisotopic (exact) mass is 455 g/mol. The van der Waals surface area contributed by atoms with Crippen LogP contribution < -0.4 is 10.6 Å². The van der Waals surface area contributed by atoms with Crippen molar-refractivity contribution in [2.45, 2.75) is 6.92 Å². The van der Waals surface area contributed by atoms with Gasteiger partial charge in [-0.2, -0.15) is 5.26 Å². The lowest BCUT2D eigenvalue weighted by Crippen LogP contribution is -2.15. The van der Waals surface area contributed by atoms with Crippen LogP contribution in [0.2, 0.25) is 0 Å². The average Bonchev–Trinajstić information content (AvgIpc) is 3.23. The minimum absolute atomic E-state index is 0.0176. The number of carbonyl (C=O) groups excluding carboxylic acids is 1. The van der Waals surface area contributed by atoms with Crippen molar-refractivity contribution in [1.82, 2.24) is 4.98 Å². The Balaban J connectivity index is 1.47. The summed E-state index contributed by atoms with van der Waals surface area (Å²) in [6.45, 7) is 2.05. The number of nitrogens with one attached hydrogen (secondary N) is 2. The molecule has 9 heteroatoms. The van der Waals surface area contributed by atoms with Gasteiger partial charge in [-0.3, -0.25) is 14.9 Å². The molecule has 0 fully saturated rings. The average molecular weight is 455 g/mol. The molecule has 2 N–H and O–H groups in total. The van der Waals surface area contributed by atoms with Gasteiger partial charge in [-0.1, -0.05) is 18.2 Å². The molecule has 4 rings (SSSR count). The van der Waals surface area contributed by atoms with Gasteiger partial charge in [0.05, 0.1) is 15.1 Å². The number of aromatic nitrogens is 1. The molecule has 0 bridgehead atoms. The molecule has 0 atom stereocenters. The van der Waals surface area contributed by atoms with Gasteiger partial charge in [-0.15, -0.1) is 11.3 Å². The molecule has 8 nitrogen and oxygen atoms in total. The molecule has 1 heterocycles. The third-order valence-corrected chi connectivity index (χ3v) is 5.84. The SMILES string of the molecule is Cc1ccc2nc(-c3ccc(N/C=C(/C#N)C(=O)Nc4ccccc4[N+](=O)[O-])cc3)sc2c1. The van der Waals surface area contributed by atoms with E-state index in [4.69, 9.17) is 0 Å². The zero-order chi connectivity index (χ0) is 23.4. The summed E-state index contributed by atoms with van der Waals surface area (Å²) in [7, 11) is 0. The largest absolute Gasteiger partial charge is 0.360 e. The van der Waals surface area contributed by atoms with Crippen LogP contribution in [0.3, 0.4) is 0 Å². The zero-order valence-corrected chi connectivity index (χ0v) is 18.2. The number of carbonyl (C=O) groups is 1. The maximum Gasteiger partial charge on any atom is 0.292 e. The molecule has 3 aromatic carbocycles. The summed E-state index contributed by atoms with van der Waals surface area (Å²) >= 11 is 1.61. The predicted octanol–water partition coefficient (Wildman–Crippen LogP) is 5.64. The number of nitrogens with zero attached hydrogens (tertiary/aromatic N) is 3. The van der Waals surface area contributed by atoms with Gasteiger partial charge in [0, 0.05) is 23.5 Å². The first kappa shape index (κ1) is 21.7. The molecule has 0 aliphatic carbocycles. The van der Waals surface area contributed by atoms with Gasteiger partial charge in [0.15, 0.2) is 0 Å². The van der Waals surface area contributed by atoms with E-state index in [2.05, 4.69) is 21.7 Å². The second kappa shape index (κ2) is 9.30. The highest BCUT2D eigenvalue weighted by Crippen LogP contribution is 2.31. The van der Waals surface area contributed by atoms with E-state index in [-0.39, 0.29) is 16.9 Å². The molecule has 0 aliphatic rings. The highest BCUT2D eigenvalue weighted by molar-refractivity contribution is 7.21. The van der Waals surface area contributed by atoms with Gasteiger partial charge in [0.2, 0.25) is 0 Å². The van der Waals surface area contributed by atoms with Crippen molar-refractivity contribution in [1.29, 1.82) is 5.26 Å². The Bertz CT molecular complexity index is 1430. The first-order valence-corrected chi connectivity index (χ1v) is 10.7. The fourth-order valence-electron chi connectivity index (χ4n) is 3.10. The van der Waals surface area contributed by atoms with Crippen molar-refractivity contribution < 1.29 is 9.72 Å². The number of benzene rings is 3. The van der Waals surface area contributed by atoms with Crippen molar-refractivity contribution in [2.24, 2.45) is 0 Å². The summed E-state index contributed by atoms with van der Waals surface area (Å²) in [5.41, 5.74) is 3.30. The molecule has 0 unspecified atom stereocenters. The van der Waals surface area contributed by atoms with Gasteiger partial charge >= 0.3 is 0 Å². The Kier molecular flexibility index (Phi) is 6.11. The first-order valence-electron chi connectivity index (χ1n) is 9.84. The lowest BCUT2D eigenvalue weighted by molar-refractivity contribution is -0.383. The van der Waals surface area contributed by atoms with Crippen LogP contribution in [0, 0.1) is 28.4 Å². The van der Waals surface area contributed by atoms with Crippen LogP contribution in [0.15, 0.2) is 78.5 Å². The van der Waals surface area contributed by atoms with Gasteiger partial charge in [-0.05, 0) is 55.0 Å². The summed E-state index contributed by atoms with van der Waals surface area (Å²) in [5, 5.41) is 26.7. The molecule has 1 aromatic heterocycles. The Morgan fingerprint density at radius 2 is 1.91 bits per heavy atom. The second-order valence-electron chi connectivity index (χ2n) is 7.11. The molecule has 162 valence electrons. The zero-order valence-electron chi connectivity index (χ0n) is 17.4. The van der Waals surface area contributed by atoms with Gasteiger partial charge in [0.1, 0.15) is 22.3 Å². The predicted molar refractivity (Wildman–Crippen MR) is 129 cm³/mol. The van der Waals surface area contributed by atoms with Crippen LogP contribution >= 0.6 is 11.3 Å². The van der Waals surface area contributed by atoms with Crippen LogP contribution in [0.4, 0.5) is 17.1 Å². The Hall–Kier alpha value is -4.55. The molecule has 4 aromatic rings. The summed E-state index contributed by atoms with van der Waals surface area (Å²) in [6, 6.07) is 21.1. The number of thiazole rings is 1. The van der Waals surface area contributed by atoms with Crippen molar-refractivity contribution in [2.75, 3.05) is 10.6 Å². The molecule has 0 saturated heterocycles. The standard InChI is InChI=1S/C24H17N5O3S/c1-15-6-11-20-22(12-15)33-24(28-20)16-7-9-18(10-8-16)26-14-17(13-25)23(30)27-19-4-2-3-5-21(19)29(31)32/h2-12,14,26H,1H3,(H,27,30)/b17-14-. The number of nitriles is 1.